The lowest BCUT2D eigenvalue weighted by Crippen LogP contribution is -2.23. The van der Waals surface area contributed by atoms with E-state index in [0.29, 0.717) is 12.1 Å². The van der Waals surface area contributed by atoms with Crippen LogP contribution in [0.1, 0.15) is 5.56 Å². The van der Waals surface area contributed by atoms with Crippen molar-refractivity contribution in [1.82, 2.24) is 0 Å². The monoisotopic (exact) mass is 399 g/mol. The van der Waals surface area contributed by atoms with Crippen LogP contribution in [0, 0.1) is 23.3 Å². The predicted molar refractivity (Wildman–Crippen MR) is 79.4 cm³/mol. The van der Waals surface area contributed by atoms with Crippen molar-refractivity contribution in [3.8, 4) is 11.5 Å². The molecule has 0 aliphatic rings. The number of alkyl halides is 3. The van der Waals surface area contributed by atoms with Gasteiger partial charge in [0.25, 0.3) is 0 Å². The van der Waals surface area contributed by atoms with Crippen molar-refractivity contribution < 1.29 is 45.7 Å². The van der Waals surface area contributed by atoms with Crippen LogP contribution < -0.4 is 10.1 Å². The van der Waals surface area contributed by atoms with E-state index < -0.39 is 59.2 Å². The number of hydrogen-bond acceptors (Lipinski definition) is 4. The van der Waals surface area contributed by atoms with Crippen LogP contribution in [0.2, 0.25) is 0 Å². The summed E-state index contributed by atoms with van der Waals surface area (Å²) in [6.07, 6.45) is -6.23. The lowest BCUT2D eigenvalue weighted by Gasteiger charge is -2.14. The third kappa shape index (κ3) is 5.01. The van der Waals surface area contributed by atoms with E-state index in [1.165, 1.54) is 0 Å². The number of aliphatic hydroxyl groups excluding tert-OH is 2. The molecule has 2 aromatic rings. The standard InChI is InChI=1S/C16H12F7NO3/c17-10-1-7(16(21,22)23)2-11(18)14(10)27-15-12(19)3-8(4-13(15)20)24-5-9(26)6-25/h1-4,9,24-26H,5-6H2. The van der Waals surface area contributed by atoms with Crippen LogP contribution in [0.3, 0.4) is 0 Å². The molecule has 0 spiro atoms. The van der Waals surface area contributed by atoms with E-state index in [0.717, 1.165) is 0 Å². The number of halogens is 7. The largest absolute Gasteiger partial charge is 0.445 e. The number of aliphatic hydroxyl groups is 2. The quantitative estimate of drug-likeness (QED) is 0.647. The van der Waals surface area contributed by atoms with E-state index in [1.54, 1.807) is 0 Å². The van der Waals surface area contributed by atoms with Crippen LogP contribution >= 0.6 is 0 Å². The topological polar surface area (TPSA) is 61.7 Å². The van der Waals surface area contributed by atoms with Crippen molar-refractivity contribution in [2.75, 3.05) is 18.5 Å². The van der Waals surface area contributed by atoms with Gasteiger partial charge in [0.15, 0.2) is 34.8 Å². The van der Waals surface area contributed by atoms with Gasteiger partial charge in [-0.1, -0.05) is 0 Å². The minimum absolute atomic E-state index is 0.0690. The second kappa shape index (κ2) is 8.01. The molecular weight excluding hydrogens is 387 g/mol. The summed E-state index contributed by atoms with van der Waals surface area (Å²) in [5, 5.41) is 20.2. The second-order valence-corrected chi connectivity index (χ2v) is 5.36. The molecule has 2 rings (SSSR count). The Morgan fingerprint density at radius 3 is 1.74 bits per heavy atom. The Balaban J connectivity index is 2.30. The zero-order valence-electron chi connectivity index (χ0n) is 13.2. The fraction of sp³-hybridized carbons (Fsp3) is 0.250. The van der Waals surface area contributed by atoms with Gasteiger partial charge in [0.05, 0.1) is 18.3 Å². The minimum atomic E-state index is -5.02. The van der Waals surface area contributed by atoms with E-state index in [2.05, 4.69) is 10.1 Å². The summed E-state index contributed by atoms with van der Waals surface area (Å²) in [7, 11) is 0. The summed E-state index contributed by atoms with van der Waals surface area (Å²) < 4.78 is 97.5. The molecule has 148 valence electrons. The van der Waals surface area contributed by atoms with Gasteiger partial charge in [-0.15, -0.1) is 0 Å². The van der Waals surface area contributed by atoms with Crippen LogP contribution in [0.15, 0.2) is 24.3 Å². The first-order valence-electron chi connectivity index (χ1n) is 7.29. The zero-order valence-corrected chi connectivity index (χ0v) is 13.2. The van der Waals surface area contributed by atoms with Crippen molar-refractivity contribution in [3.63, 3.8) is 0 Å². The first-order valence-corrected chi connectivity index (χ1v) is 7.29. The Kier molecular flexibility index (Phi) is 6.16. The third-order valence-corrected chi connectivity index (χ3v) is 3.28. The molecule has 0 bridgehead atoms. The fourth-order valence-electron chi connectivity index (χ4n) is 1.98. The molecule has 4 nitrogen and oxygen atoms in total. The molecule has 2 aromatic carbocycles. The molecule has 0 saturated heterocycles. The van der Waals surface area contributed by atoms with Gasteiger partial charge in [0, 0.05) is 24.4 Å². The maximum atomic E-state index is 14.0. The van der Waals surface area contributed by atoms with E-state index in [1.807, 2.05) is 0 Å². The summed E-state index contributed by atoms with van der Waals surface area (Å²) in [6.45, 7) is -0.858. The molecule has 11 heteroatoms. The van der Waals surface area contributed by atoms with Crippen molar-refractivity contribution in [1.29, 1.82) is 0 Å². The summed E-state index contributed by atoms with van der Waals surface area (Å²) in [6, 6.07) is 1.20. The Hall–Kier alpha value is -2.53. The summed E-state index contributed by atoms with van der Waals surface area (Å²) in [5.41, 5.74) is -1.81. The average Bonchev–Trinajstić information content (AvgIpc) is 2.56. The van der Waals surface area contributed by atoms with Crippen LogP contribution in [-0.4, -0.2) is 29.5 Å². The maximum Gasteiger partial charge on any atom is 0.416 e. The van der Waals surface area contributed by atoms with Gasteiger partial charge in [-0.25, -0.2) is 17.6 Å². The normalized spacial score (nSPS) is 12.8. The second-order valence-electron chi connectivity index (χ2n) is 5.36. The van der Waals surface area contributed by atoms with Gasteiger partial charge in [-0.2, -0.15) is 13.2 Å². The highest BCUT2D eigenvalue weighted by Gasteiger charge is 2.33. The van der Waals surface area contributed by atoms with Gasteiger partial charge in [0.2, 0.25) is 0 Å². The molecule has 0 aliphatic carbocycles. The minimum Gasteiger partial charge on any atom is -0.445 e. The highest BCUT2D eigenvalue weighted by atomic mass is 19.4. The average molecular weight is 399 g/mol. The Bertz CT molecular complexity index is 780. The highest BCUT2D eigenvalue weighted by Crippen LogP contribution is 2.37. The van der Waals surface area contributed by atoms with Gasteiger partial charge < -0.3 is 20.3 Å². The van der Waals surface area contributed by atoms with E-state index in [-0.39, 0.29) is 24.4 Å². The molecule has 0 aliphatic heterocycles. The van der Waals surface area contributed by atoms with Crippen molar-refractivity contribution in [2.45, 2.75) is 12.3 Å². The zero-order chi connectivity index (χ0) is 20.4. The molecule has 0 fully saturated rings. The first kappa shape index (κ1) is 20.8. The molecular formula is C16H12F7NO3. The Labute approximate surface area is 147 Å². The number of hydrogen-bond donors (Lipinski definition) is 3. The smallest absolute Gasteiger partial charge is 0.416 e. The highest BCUT2D eigenvalue weighted by molar-refractivity contribution is 5.49. The lowest BCUT2D eigenvalue weighted by molar-refractivity contribution is -0.138. The van der Waals surface area contributed by atoms with Gasteiger partial charge >= 0.3 is 6.18 Å². The van der Waals surface area contributed by atoms with Gasteiger partial charge in [-0.3, -0.25) is 0 Å². The predicted octanol–water partition coefficient (Wildman–Crippen LogP) is 3.82. The molecule has 0 radical (unpaired) electrons. The third-order valence-electron chi connectivity index (χ3n) is 3.28. The van der Waals surface area contributed by atoms with Crippen molar-refractivity contribution >= 4 is 5.69 Å². The number of rotatable bonds is 6. The molecule has 27 heavy (non-hydrogen) atoms. The SMILES string of the molecule is OCC(O)CNc1cc(F)c(Oc2c(F)cc(C(F)(F)F)cc2F)c(F)c1. The molecule has 1 unspecified atom stereocenters. The van der Waals surface area contributed by atoms with Crippen LogP contribution in [0.5, 0.6) is 11.5 Å². The summed E-state index contributed by atoms with van der Waals surface area (Å²) in [5.74, 6) is -9.05. The Morgan fingerprint density at radius 2 is 1.33 bits per heavy atom. The molecule has 3 N–H and O–H groups in total. The van der Waals surface area contributed by atoms with E-state index >= 15 is 0 Å². The number of benzene rings is 2. The number of ether oxygens (including phenoxy) is 1. The number of nitrogens with one attached hydrogen (secondary N) is 1. The lowest BCUT2D eigenvalue weighted by atomic mass is 10.2. The van der Waals surface area contributed by atoms with E-state index in [4.69, 9.17) is 10.2 Å². The summed E-state index contributed by atoms with van der Waals surface area (Å²) in [4.78, 5) is 0. The fourth-order valence-corrected chi connectivity index (χ4v) is 1.98. The van der Waals surface area contributed by atoms with Crippen LogP contribution in [0.4, 0.5) is 36.4 Å². The molecule has 0 saturated carbocycles. The van der Waals surface area contributed by atoms with Gasteiger partial charge in [0.1, 0.15) is 0 Å². The van der Waals surface area contributed by atoms with Crippen LogP contribution in [-0.2, 0) is 6.18 Å². The number of anilines is 1. The van der Waals surface area contributed by atoms with Crippen LogP contribution in [0.25, 0.3) is 0 Å². The Morgan fingerprint density at radius 1 is 0.889 bits per heavy atom. The molecule has 0 amide bonds. The van der Waals surface area contributed by atoms with Gasteiger partial charge in [-0.05, 0) is 12.1 Å². The van der Waals surface area contributed by atoms with Crippen molar-refractivity contribution in [3.05, 3.63) is 53.1 Å². The summed E-state index contributed by atoms with van der Waals surface area (Å²) >= 11 is 0. The van der Waals surface area contributed by atoms with Crippen molar-refractivity contribution in [2.24, 2.45) is 0 Å². The maximum absolute atomic E-state index is 14.0. The molecule has 0 aromatic heterocycles. The molecule has 1 atom stereocenters. The molecule has 0 heterocycles. The first-order chi connectivity index (χ1) is 12.5. The van der Waals surface area contributed by atoms with E-state index in [9.17, 15) is 30.7 Å².